The van der Waals surface area contributed by atoms with Crippen molar-refractivity contribution in [2.45, 2.75) is 23.8 Å². The van der Waals surface area contributed by atoms with Gasteiger partial charge in [-0.3, -0.25) is 4.79 Å². The molecular formula is C19H22N2O4S. The van der Waals surface area contributed by atoms with Crippen LogP contribution in [0.25, 0.3) is 0 Å². The number of benzene rings is 2. The summed E-state index contributed by atoms with van der Waals surface area (Å²) in [6, 6.07) is 15.7. The van der Waals surface area contributed by atoms with Gasteiger partial charge in [0, 0.05) is 18.7 Å². The molecule has 138 valence electrons. The van der Waals surface area contributed by atoms with E-state index >= 15 is 0 Å². The van der Waals surface area contributed by atoms with Crippen molar-refractivity contribution in [3.05, 3.63) is 65.7 Å². The fraction of sp³-hybridized carbons (Fsp3) is 0.316. The Morgan fingerprint density at radius 1 is 1.12 bits per heavy atom. The maximum absolute atomic E-state index is 12.5. The number of hydrogen-bond donors (Lipinski definition) is 2. The van der Waals surface area contributed by atoms with E-state index in [1.165, 1.54) is 12.1 Å². The standard InChI is InChI=1S/C19H22N2O4S/c22-19(21-17-10-12-25-14-17)16-7-4-8-18(13-16)26(23,24)20-11-9-15-5-2-1-3-6-15/h1-8,13,17,20H,9-12,14H2,(H,21,22). The Balaban J connectivity index is 1.62. The van der Waals surface area contributed by atoms with Crippen molar-refractivity contribution in [2.24, 2.45) is 0 Å². The van der Waals surface area contributed by atoms with E-state index in [4.69, 9.17) is 4.74 Å². The van der Waals surface area contributed by atoms with Gasteiger partial charge >= 0.3 is 0 Å². The van der Waals surface area contributed by atoms with Gasteiger partial charge in [-0.1, -0.05) is 36.4 Å². The topological polar surface area (TPSA) is 84.5 Å². The molecule has 1 unspecified atom stereocenters. The molecule has 0 radical (unpaired) electrons. The van der Waals surface area contributed by atoms with Crippen molar-refractivity contribution < 1.29 is 17.9 Å². The highest BCUT2D eigenvalue weighted by Crippen LogP contribution is 2.13. The van der Waals surface area contributed by atoms with Crippen LogP contribution >= 0.6 is 0 Å². The van der Waals surface area contributed by atoms with Crippen molar-refractivity contribution in [3.63, 3.8) is 0 Å². The van der Waals surface area contributed by atoms with E-state index in [1.807, 2.05) is 30.3 Å². The summed E-state index contributed by atoms with van der Waals surface area (Å²) in [5.74, 6) is -0.290. The molecule has 1 heterocycles. The summed E-state index contributed by atoms with van der Waals surface area (Å²) in [7, 11) is -3.67. The minimum absolute atomic E-state index is 0.0215. The Hall–Kier alpha value is -2.22. The number of carbonyl (C=O) groups excluding carboxylic acids is 1. The predicted molar refractivity (Wildman–Crippen MR) is 98.5 cm³/mol. The predicted octanol–water partition coefficient (Wildman–Crippen LogP) is 1.73. The molecule has 1 amide bonds. The van der Waals surface area contributed by atoms with Crippen molar-refractivity contribution in [2.75, 3.05) is 19.8 Å². The molecule has 0 aromatic heterocycles. The van der Waals surface area contributed by atoms with Gasteiger partial charge in [0.25, 0.3) is 5.91 Å². The van der Waals surface area contributed by atoms with Gasteiger partial charge in [0.2, 0.25) is 10.0 Å². The van der Waals surface area contributed by atoms with Crippen molar-refractivity contribution in [1.29, 1.82) is 0 Å². The molecule has 2 aromatic rings. The second kappa shape index (κ2) is 8.44. The first-order valence-corrected chi connectivity index (χ1v) is 10.1. The van der Waals surface area contributed by atoms with Gasteiger partial charge in [0.05, 0.1) is 17.5 Å². The normalized spacial score (nSPS) is 17.2. The summed E-state index contributed by atoms with van der Waals surface area (Å²) in [5.41, 5.74) is 1.38. The zero-order chi connectivity index (χ0) is 18.4. The molecular weight excluding hydrogens is 352 g/mol. The van der Waals surface area contributed by atoms with E-state index in [1.54, 1.807) is 12.1 Å². The maximum Gasteiger partial charge on any atom is 0.251 e. The molecule has 0 spiro atoms. The number of nitrogens with one attached hydrogen (secondary N) is 2. The number of hydrogen-bond acceptors (Lipinski definition) is 4. The van der Waals surface area contributed by atoms with Gasteiger partial charge in [-0.15, -0.1) is 0 Å². The number of ether oxygens (including phenoxy) is 1. The summed E-state index contributed by atoms with van der Waals surface area (Å²) in [6.07, 6.45) is 1.37. The third-order valence-corrected chi connectivity index (χ3v) is 5.68. The van der Waals surface area contributed by atoms with Crippen molar-refractivity contribution >= 4 is 15.9 Å². The summed E-state index contributed by atoms with van der Waals surface area (Å²) >= 11 is 0. The summed E-state index contributed by atoms with van der Waals surface area (Å²) in [5, 5.41) is 2.86. The first kappa shape index (κ1) is 18.6. The van der Waals surface area contributed by atoms with Gasteiger partial charge in [-0.05, 0) is 36.6 Å². The largest absolute Gasteiger partial charge is 0.379 e. The van der Waals surface area contributed by atoms with E-state index in [9.17, 15) is 13.2 Å². The molecule has 1 atom stereocenters. The molecule has 2 N–H and O–H groups in total. The second-order valence-corrected chi connectivity index (χ2v) is 7.96. The lowest BCUT2D eigenvalue weighted by Crippen LogP contribution is -2.35. The van der Waals surface area contributed by atoms with Crippen molar-refractivity contribution in [1.82, 2.24) is 10.0 Å². The Bertz CT molecular complexity index is 847. The third-order valence-electron chi connectivity index (χ3n) is 4.22. The fourth-order valence-electron chi connectivity index (χ4n) is 2.78. The van der Waals surface area contributed by atoms with Gasteiger partial charge < -0.3 is 10.1 Å². The van der Waals surface area contributed by atoms with Crippen LogP contribution in [0, 0.1) is 0 Å². The quantitative estimate of drug-likeness (QED) is 0.773. The number of rotatable bonds is 7. The molecule has 2 aromatic carbocycles. The van der Waals surface area contributed by atoms with Crippen LogP contribution in [0.4, 0.5) is 0 Å². The molecule has 7 heteroatoms. The molecule has 1 saturated heterocycles. The second-order valence-electron chi connectivity index (χ2n) is 6.20. The smallest absolute Gasteiger partial charge is 0.251 e. The van der Waals surface area contributed by atoms with Gasteiger partial charge in [-0.25, -0.2) is 13.1 Å². The zero-order valence-corrected chi connectivity index (χ0v) is 15.2. The highest BCUT2D eigenvalue weighted by molar-refractivity contribution is 7.89. The average molecular weight is 374 g/mol. The number of sulfonamides is 1. The summed E-state index contributed by atoms with van der Waals surface area (Å²) in [6.45, 7) is 1.41. The lowest BCUT2D eigenvalue weighted by Gasteiger charge is -2.12. The van der Waals surface area contributed by atoms with Crippen LogP contribution < -0.4 is 10.0 Å². The minimum Gasteiger partial charge on any atom is -0.379 e. The first-order valence-electron chi connectivity index (χ1n) is 8.57. The molecule has 1 fully saturated rings. The molecule has 1 aliphatic rings. The molecule has 0 aliphatic carbocycles. The van der Waals surface area contributed by atoms with Crippen LogP contribution in [0.3, 0.4) is 0 Å². The van der Waals surface area contributed by atoms with Crippen LogP contribution in [0.2, 0.25) is 0 Å². The first-order chi connectivity index (χ1) is 12.5. The van der Waals surface area contributed by atoms with Gasteiger partial charge in [0.15, 0.2) is 0 Å². The number of carbonyl (C=O) groups is 1. The van der Waals surface area contributed by atoms with Crippen LogP contribution in [0.5, 0.6) is 0 Å². The molecule has 26 heavy (non-hydrogen) atoms. The lowest BCUT2D eigenvalue weighted by molar-refractivity contribution is 0.0929. The molecule has 3 rings (SSSR count). The fourth-order valence-corrected chi connectivity index (χ4v) is 3.86. The molecule has 0 saturated carbocycles. The summed E-state index contributed by atoms with van der Waals surface area (Å²) < 4.78 is 32.8. The molecule has 0 bridgehead atoms. The Labute approximate surface area is 153 Å². The highest BCUT2D eigenvalue weighted by atomic mass is 32.2. The molecule has 6 nitrogen and oxygen atoms in total. The maximum atomic E-state index is 12.5. The van der Waals surface area contributed by atoms with Crippen LogP contribution in [-0.4, -0.2) is 40.1 Å². The van der Waals surface area contributed by atoms with Crippen LogP contribution in [0.1, 0.15) is 22.3 Å². The van der Waals surface area contributed by atoms with Gasteiger partial charge in [0.1, 0.15) is 0 Å². The third kappa shape index (κ3) is 4.91. The average Bonchev–Trinajstić information content (AvgIpc) is 3.15. The Morgan fingerprint density at radius 2 is 1.92 bits per heavy atom. The van der Waals surface area contributed by atoms with E-state index < -0.39 is 10.0 Å². The minimum atomic E-state index is -3.67. The van der Waals surface area contributed by atoms with Crippen molar-refractivity contribution in [3.8, 4) is 0 Å². The van der Waals surface area contributed by atoms with E-state index in [0.717, 1.165) is 12.0 Å². The lowest BCUT2D eigenvalue weighted by atomic mass is 10.2. The van der Waals surface area contributed by atoms with Crippen LogP contribution in [0.15, 0.2) is 59.5 Å². The van der Waals surface area contributed by atoms with E-state index in [-0.39, 0.29) is 16.8 Å². The highest BCUT2D eigenvalue weighted by Gasteiger charge is 2.20. The van der Waals surface area contributed by atoms with Crippen LogP contribution in [-0.2, 0) is 21.2 Å². The van der Waals surface area contributed by atoms with E-state index in [2.05, 4.69) is 10.0 Å². The Kier molecular flexibility index (Phi) is 6.03. The summed E-state index contributed by atoms with van der Waals surface area (Å²) in [4.78, 5) is 12.4. The zero-order valence-electron chi connectivity index (χ0n) is 14.4. The SMILES string of the molecule is O=C(NC1CCOC1)c1cccc(S(=O)(=O)NCCc2ccccc2)c1. The Morgan fingerprint density at radius 3 is 2.65 bits per heavy atom. The number of amides is 1. The van der Waals surface area contributed by atoms with Gasteiger partial charge in [-0.2, -0.15) is 0 Å². The molecule has 1 aliphatic heterocycles. The monoisotopic (exact) mass is 374 g/mol. The van der Waals surface area contributed by atoms with E-state index in [0.29, 0.717) is 31.7 Å².